The Morgan fingerprint density at radius 2 is 0.608 bits per heavy atom. The maximum Gasteiger partial charge on any atom is 0.358 e. The first-order valence-electron chi connectivity index (χ1n) is 28.0. The van der Waals surface area contributed by atoms with Gasteiger partial charge in [-0.1, -0.05) is 0 Å². The molecule has 19 heteroatoms. The molecule has 0 aromatic rings. The number of hydrazine groups is 1. The van der Waals surface area contributed by atoms with Crippen molar-refractivity contribution < 1.29 is 152 Å². The summed E-state index contributed by atoms with van der Waals surface area (Å²) in [4.78, 5) is 53.8. The van der Waals surface area contributed by atoms with Crippen LogP contribution in [0.5, 0.6) is 0 Å². The lowest BCUT2D eigenvalue weighted by Gasteiger charge is -2.14. The van der Waals surface area contributed by atoms with Crippen molar-refractivity contribution >= 4 is 23.6 Å². The van der Waals surface area contributed by atoms with Crippen molar-refractivity contribution in [3.05, 3.63) is 0 Å². The van der Waals surface area contributed by atoms with Crippen LogP contribution in [0, 0.1) is 334 Å². The number of rotatable bonds is 27. The van der Waals surface area contributed by atoms with Gasteiger partial charge in [-0.3, -0.25) is 20.0 Å². The largest absolute Gasteiger partial charge is 0.462 e. The summed E-state index contributed by atoms with van der Waals surface area (Å²) in [6, 6.07) is 10.4. The maximum atomic E-state index is 11.6. The van der Waals surface area contributed by atoms with Crippen molar-refractivity contribution in [2.45, 2.75) is 0 Å². The topological polar surface area (TPSA) is 186 Å². The van der Waals surface area contributed by atoms with Gasteiger partial charge in [-0.05, 0) is 142 Å². The van der Waals surface area contributed by atoms with E-state index in [1.807, 2.05) is 0 Å². The van der Waals surface area contributed by atoms with Crippen LogP contribution >= 0.6 is 0 Å². The van der Waals surface area contributed by atoms with Crippen molar-refractivity contribution in [3.63, 3.8) is 0 Å². The molecule has 0 aliphatic heterocycles. The van der Waals surface area contributed by atoms with E-state index in [1.54, 1.807) is 40.3 Å². The van der Waals surface area contributed by atoms with Crippen LogP contribution in [0.1, 0.15) is 85.6 Å². The van der Waals surface area contributed by atoms with Gasteiger partial charge in [0.25, 0.3) is 5.91 Å². The number of likely N-dealkylation sites (N-methyl/N-ethyl adjacent to an activating group) is 3. The molecule has 0 rings (SSSR count). The van der Waals surface area contributed by atoms with Crippen LogP contribution in [-0.2, 0) is 66.6 Å². The Kier molecular flexibility index (Phi) is 74.6. The molecule has 0 unspecified atom stereocenters. The quantitative estimate of drug-likeness (QED) is 0.0269. The van der Waals surface area contributed by atoms with Gasteiger partial charge in [0, 0.05) is 295 Å². The van der Waals surface area contributed by atoms with E-state index in [4.69, 9.17) is 73.2 Å². The lowest BCUT2D eigenvalue weighted by Crippen LogP contribution is -2.39. The monoisotopic (exact) mass is 1470 g/mol. The molecule has 0 spiro atoms. The molecule has 0 fully saturated rings. The summed E-state index contributed by atoms with van der Waals surface area (Å²) in [5.41, 5.74) is 2.55. The van der Waals surface area contributed by atoms with Gasteiger partial charge in [0.05, 0.1) is 79.0 Å². The molecule has 0 atom stereocenters. The number of Topliss-reactive ketones (excluding diaryl/α,β-unsaturated/α-hetero) is 1. The third kappa shape index (κ3) is 84.6. The molecule has 620 valence electrons. The highest BCUT2D eigenvalue weighted by Crippen LogP contribution is 1.89. The highest BCUT2D eigenvalue weighted by molar-refractivity contribution is 5.82. The Bertz CT molecular complexity index is 4670. The molecule has 1 amide bonds. The number of esters is 1. The van der Waals surface area contributed by atoms with Crippen LogP contribution in [0.3, 0.4) is 0 Å². The standard InChI is InChI=1S/C22H17NO4.C21H15NO3.C20H14N2O3.C20H13NO4.60H2/c1-4-5-6-7-8-9-10-11-12-13-14-15-16-23(2)17-18-27-22(24)21-26-20-19-25-3;1-4-5-6-7-8-9-10-11-12-13-14-15-16-22(2)19-21(23)20-25-18-17-24-3;1-4-5-6-7-8-9-10-11-12-13-14-15-16-21-22(2)20(23)19-25-18-17-24-3;1-4-5-6-7-8-9-10-11-12-13-14-15-16-21(2)25-20(22)19-24-18-17-23-3;;;;;;;;;;;;;;;;;;;;;;;;;;;;;;;;;;;;;;;;;;;;;;;;;;;;;;;;;;;;/h1H,17-21H2,2-3H3;1H,17-20H2,2-3H3;1,21H,17-19H2,2-3H3;1H,17-19H2,2-3H3;60*1H. The van der Waals surface area contributed by atoms with Gasteiger partial charge >= 0.3 is 11.9 Å². The number of carbonyl (C=O) groups excluding carboxylic acids is 4. The second kappa shape index (κ2) is 81.7. The van der Waals surface area contributed by atoms with E-state index in [1.165, 1.54) is 31.1 Å². The minimum atomic E-state index is -0.580. The van der Waals surface area contributed by atoms with Crippen LogP contribution in [0.25, 0.3) is 0 Å². The summed E-state index contributed by atoms with van der Waals surface area (Å²) in [6.45, 7) is 3.56. The average Bonchev–Trinajstić information content (AvgIpc) is 0.976. The first-order valence-corrected chi connectivity index (χ1v) is 28.0. The summed E-state index contributed by atoms with van der Waals surface area (Å²) < 4.78 is 44.4. The summed E-state index contributed by atoms with van der Waals surface area (Å²) in [5.74, 6) is 115. The van der Waals surface area contributed by atoms with E-state index in [0.29, 0.717) is 59.4 Å². The van der Waals surface area contributed by atoms with E-state index >= 15 is 0 Å². The lowest BCUT2D eigenvalue weighted by atomic mass is 10.4. The second-order valence-electron chi connectivity index (χ2n) is 15.8. The number of hydrogen-bond acceptors (Lipinski definition) is 18. The first-order chi connectivity index (χ1) is 49.8. The highest BCUT2D eigenvalue weighted by Gasteiger charge is 2.08. The molecule has 19 nitrogen and oxygen atoms in total. The van der Waals surface area contributed by atoms with Crippen LogP contribution < -0.4 is 5.43 Å². The van der Waals surface area contributed by atoms with Crippen LogP contribution in [0.4, 0.5) is 0 Å². The molecule has 1 N–H and O–H groups in total. The van der Waals surface area contributed by atoms with Crippen molar-refractivity contribution in [1.29, 1.82) is 0 Å². The minimum Gasteiger partial charge on any atom is -0.462 e. The zero-order valence-corrected chi connectivity index (χ0v) is 56.9. The molecule has 102 heavy (non-hydrogen) atoms. The van der Waals surface area contributed by atoms with E-state index < -0.39 is 11.9 Å². The Morgan fingerprint density at radius 1 is 0.324 bits per heavy atom. The summed E-state index contributed by atoms with van der Waals surface area (Å²) in [7, 11) is 12.6. The number of amides is 1. The maximum absolute atomic E-state index is 11.6. The number of ether oxygens (including phenoxy) is 9. The Hall–Kier alpha value is -15.4. The number of nitrogens with one attached hydrogen (secondary N) is 1. The SMILES string of the molecule is C#CC#CC#CC#CC#CC#CC#CN(C)CC(=O)COCCOC.C#CC#CC#CC#CC#CC#CC#CN(C)CCOC(=O)COCCOC.C#CC#CC#CC#CC#CC#CC#CN(C)OC(=O)COCCOC.C#CC#CC#CC#CC#CC#CC#CNN(C)C(=O)COCCOC.[HH].[HH].[HH].[HH].[HH].[HH].[HH].[HH].[HH].[HH].[HH].[HH].[HH].[HH].[HH].[HH].[HH].[HH].[HH].[HH].[HH].[HH].[HH].[HH].[HH].[HH].[HH].[HH].[HH].[HH].[HH].[HH].[HH].[HH].[HH].[HH].[HH].[HH].[HH].[HH].[HH].[HH].[HH].[HH].[HH].[HH].[HH].[HH].[HH].[HH].[HH].[HH].[HH].[HH].[HH].[HH].[HH].[HH].[HH].[HH]. The molecule has 0 radical (unpaired) electrons. The van der Waals surface area contributed by atoms with Gasteiger partial charge in [0.1, 0.15) is 33.0 Å². The van der Waals surface area contributed by atoms with Crippen molar-refractivity contribution in [2.24, 2.45) is 0 Å². The smallest absolute Gasteiger partial charge is 0.358 e. The number of ketones is 1. The first kappa shape index (κ1) is 93.0. The molecule has 0 saturated carbocycles. The molecule has 0 aliphatic carbocycles. The molecular formula is C83H179N5O14. The highest BCUT2D eigenvalue weighted by atomic mass is 16.7. The van der Waals surface area contributed by atoms with Gasteiger partial charge in [-0.15, -0.1) is 25.7 Å². The number of hydroxylamine groups is 2. The molecule has 0 heterocycles. The molecule has 0 aliphatic rings. The third-order valence-electron chi connectivity index (χ3n) is 8.15. The lowest BCUT2D eigenvalue weighted by molar-refractivity contribution is -0.176. The number of hydrogen-bond donors (Lipinski definition) is 1. The minimum absolute atomic E-state index is 0. The Labute approximate surface area is 691 Å². The van der Waals surface area contributed by atoms with E-state index in [-0.39, 0.29) is 137 Å². The summed E-state index contributed by atoms with van der Waals surface area (Å²) >= 11 is 0. The zero-order chi connectivity index (χ0) is 75.8. The number of terminal acetylenes is 4. The second-order valence-corrected chi connectivity index (χ2v) is 15.8. The summed E-state index contributed by atoms with van der Waals surface area (Å²) in [6.07, 6.45) is 19.7. The van der Waals surface area contributed by atoms with E-state index in [2.05, 4.69) is 314 Å². The fourth-order valence-corrected chi connectivity index (χ4v) is 4.10. The summed E-state index contributed by atoms with van der Waals surface area (Å²) in [5, 5.41) is 2.22. The molecular weight excluding hydrogens is 1290 g/mol. The van der Waals surface area contributed by atoms with Gasteiger partial charge < -0.3 is 57.3 Å². The van der Waals surface area contributed by atoms with Crippen LogP contribution in [0.15, 0.2) is 0 Å². The van der Waals surface area contributed by atoms with Gasteiger partial charge in [-0.25, -0.2) is 9.59 Å². The fourth-order valence-electron chi connectivity index (χ4n) is 4.10. The van der Waals surface area contributed by atoms with Crippen LogP contribution in [-0.4, -0.2) is 199 Å². The van der Waals surface area contributed by atoms with Gasteiger partial charge in [-0.2, -0.15) is 5.06 Å². The van der Waals surface area contributed by atoms with Crippen molar-refractivity contribution in [2.75, 3.05) is 156 Å². The molecule has 0 aromatic carbocycles. The van der Waals surface area contributed by atoms with E-state index in [9.17, 15) is 19.2 Å². The molecule has 0 bridgehead atoms. The van der Waals surface area contributed by atoms with E-state index in [0.717, 1.165) is 5.06 Å². The zero-order valence-electron chi connectivity index (χ0n) is 56.9. The third-order valence-corrected chi connectivity index (χ3v) is 8.15. The average molecular weight is 1470 g/mol. The normalized spacial score (nSPS) is 6.75. The Balaban J connectivity index is -0.0000000114. The number of methoxy groups -OCH3 is 4. The number of carbonyl (C=O) groups is 4. The van der Waals surface area contributed by atoms with Crippen molar-refractivity contribution in [3.8, 4) is 334 Å². The van der Waals surface area contributed by atoms with Crippen LogP contribution in [0.2, 0.25) is 0 Å². The Morgan fingerprint density at radius 3 is 0.951 bits per heavy atom. The molecule has 0 aromatic heterocycles. The van der Waals surface area contributed by atoms with Gasteiger partial charge in [0.15, 0.2) is 5.78 Å². The number of nitrogens with zero attached hydrogens (tertiary/aromatic N) is 4. The fraction of sp³-hybridized carbons (Fsp3) is 0.277. The van der Waals surface area contributed by atoms with Gasteiger partial charge in [0.2, 0.25) is 0 Å². The predicted octanol–water partition coefficient (Wildman–Crippen LogP) is 13.1. The predicted molar refractivity (Wildman–Crippen MR) is 511 cm³/mol. The van der Waals surface area contributed by atoms with Crippen molar-refractivity contribution in [1.82, 2.24) is 25.3 Å². The molecule has 0 saturated heterocycles.